The molecule has 0 N–H and O–H groups in total. The predicted octanol–water partition coefficient (Wildman–Crippen LogP) is 4.06. The lowest BCUT2D eigenvalue weighted by molar-refractivity contribution is -0.115. The largest absolute Gasteiger partial charge is 0.295 e. The molecule has 3 nitrogen and oxygen atoms in total. The molecule has 0 bridgehead atoms. The maximum Gasteiger partial charge on any atom is 0.228 e. The topological polar surface area (TPSA) is 37.4 Å². The Kier molecular flexibility index (Phi) is 3.18. The van der Waals surface area contributed by atoms with Crippen molar-refractivity contribution in [1.29, 1.82) is 0 Å². The van der Waals surface area contributed by atoms with Crippen LogP contribution in [-0.4, -0.2) is 11.7 Å². The van der Waals surface area contributed by atoms with E-state index >= 15 is 0 Å². The van der Waals surface area contributed by atoms with Crippen LogP contribution >= 0.6 is 0 Å². The van der Waals surface area contributed by atoms with Gasteiger partial charge >= 0.3 is 0 Å². The maximum atomic E-state index is 12.2. The number of anilines is 2. The third-order valence-electron chi connectivity index (χ3n) is 3.61. The van der Waals surface area contributed by atoms with Gasteiger partial charge in [0, 0.05) is 12.5 Å². The van der Waals surface area contributed by atoms with Crippen LogP contribution in [0.4, 0.5) is 11.4 Å². The van der Waals surface area contributed by atoms with Crippen molar-refractivity contribution in [2.75, 3.05) is 4.90 Å². The Labute approximate surface area is 123 Å². The summed E-state index contributed by atoms with van der Waals surface area (Å²) in [6, 6.07) is 13.2. The normalized spacial score (nSPS) is 12.4. The van der Waals surface area contributed by atoms with Crippen LogP contribution in [0.25, 0.3) is 12.2 Å². The Morgan fingerprint density at radius 2 is 1.52 bits per heavy atom. The number of para-hydroxylation sites is 1. The van der Waals surface area contributed by atoms with Gasteiger partial charge in [0.05, 0.1) is 11.4 Å². The van der Waals surface area contributed by atoms with Crippen LogP contribution in [0.5, 0.6) is 0 Å². The van der Waals surface area contributed by atoms with Crippen LogP contribution in [0.1, 0.15) is 35.3 Å². The molecule has 0 saturated heterocycles. The van der Waals surface area contributed by atoms with Crippen molar-refractivity contribution in [3.8, 4) is 0 Å². The van der Waals surface area contributed by atoms with Gasteiger partial charge in [0.15, 0.2) is 5.78 Å². The minimum atomic E-state index is -0.0758. The van der Waals surface area contributed by atoms with Crippen LogP contribution < -0.4 is 4.90 Å². The third kappa shape index (κ3) is 2.27. The fourth-order valence-electron chi connectivity index (χ4n) is 2.58. The zero-order valence-electron chi connectivity index (χ0n) is 12.0. The number of benzene rings is 2. The summed E-state index contributed by atoms with van der Waals surface area (Å²) in [6.45, 7) is 3.06. The van der Waals surface area contributed by atoms with Crippen molar-refractivity contribution in [3.05, 3.63) is 59.2 Å². The molecule has 1 aliphatic heterocycles. The van der Waals surface area contributed by atoms with Gasteiger partial charge in [-0.2, -0.15) is 0 Å². The molecule has 21 heavy (non-hydrogen) atoms. The van der Waals surface area contributed by atoms with E-state index in [9.17, 15) is 9.59 Å². The van der Waals surface area contributed by atoms with Gasteiger partial charge in [0.2, 0.25) is 5.91 Å². The van der Waals surface area contributed by atoms with Gasteiger partial charge in [-0.1, -0.05) is 42.5 Å². The van der Waals surface area contributed by atoms with E-state index in [1.807, 2.05) is 42.5 Å². The number of fused-ring (bicyclic) bond motifs is 2. The number of nitrogens with zero attached hydrogens (tertiary/aromatic N) is 1. The minimum absolute atomic E-state index is 0.0113. The molecular weight excluding hydrogens is 262 g/mol. The van der Waals surface area contributed by atoms with Crippen molar-refractivity contribution in [1.82, 2.24) is 0 Å². The zero-order chi connectivity index (χ0) is 15.0. The summed E-state index contributed by atoms with van der Waals surface area (Å²) in [5.41, 5.74) is 4.09. The number of hydrogen-bond acceptors (Lipinski definition) is 2. The molecule has 104 valence electrons. The lowest BCUT2D eigenvalue weighted by atomic mass is 10.1. The Morgan fingerprint density at radius 3 is 2.19 bits per heavy atom. The van der Waals surface area contributed by atoms with Crippen molar-refractivity contribution in [2.45, 2.75) is 13.8 Å². The van der Waals surface area contributed by atoms with Gasteiger partial charge in [-0.05, 0) is 30.2 Å². The van der Waals surface area contributed by atoms with E-state index in [1.165, 1.54) is 13.8 Å². The summed E-state index contributed by atoms with van der Waals surface area (Å²) < 4.78 is 0. The monoisotopic (exact) mass is 277 g/mol. The summed E-state index contributed by atoms with van der Waals surface area (Å²) >= 11 is 0. The zero-order valence-corrected chi connectivity index (χ0v) is 12.0. The first-order valence-electron chi connectivity index (χ1n) is 6.81. The average molecular weight is 277 g/mol. The second kappa shape index (κ2) is 5.02. The van der Waals surface area contributed by atoms with E-state index in [-0.39, 0.29) is 11.7 Å². The number of Topliss-reactive ketones (excluding diaryl/α,β-unsaturated/α-hetero) is 1. The van der Waals surface area contributed by atoms with Crippen LogP contribution in [0.3, 0.4) is 0 Å². The average Bonchev–Trinajstić information content (AvgIpc) is 2.62. The molecule has 0 fully saturated rings. The quantitative estimate of drug-likeness (QED) is 0.737. The molecule has 3 heteroatoms. The van der Waals surface area contributed by atoms with Crippen molar-refractivity contribution in [2.24, 2.45) is 0 Å². The van der Waals surface area contributed by atoms with E-state index in [0.29, 0.717) is 5.56 Å². The van der Waals surface area contributed by atoms with E-state index in [2.05, 4.69) is 0 Å². The number of ketones is 1. The minimum Gasteiger partial charge on any atom is -0.295 e. The fraction of sp³-hybridized carbons (Fsp3) is 0.111. The molecule has 0 saturated carbocycles. The summed E-state index contributed by atoms with van der Waals surface area (Å²) in [7, 11) is 0. The second-order valence-electron chi connectivity index (χ2n) is 5.08. The van der Waals surface area contributed by atoms with E-state index in [1.54, 1.807) is 17.0 Å². The molecule has 1 amide bonds. The lowest BCUT2D eigenvalue weighted by Crippen LogP contribution is -2.24. The molecule has 1 heterocycles. The molecule has 2 aromatic rings. The first-order valence-corrected chi connectivity index (χ1v) is 6.81. The third-order valence-corrected chi connectivity index (χ3v) is 3.61. The Balaban J connectivity index is 2.28. The smallest absolute Gasteiger partial charge is 0.228 e. The fourth-order valence-corrected chi connectivity index (χ4v) is 2.58. The molecule has 0 spiro atoms. The highest BCUT2D eigenvalue weighted by Crippen LogP contribution is 2.36. The van der Waals surface area contributed by atoms with Crippen molar-refractivity contribution in [3.63, 3.8) is 0 Å². The first kappa shape index (κ1) is 13.3. The Hall–Kier alpha value is -2.68. The number of carbonyl (C=O) groups excluding carboxylic acids is 2. The highest BCUT2D eigenvalue weighted by Gasteiger charge is 2.21. The molecule has 0 unspecified atom stereocenters. The van der Waals surface area contributed by atoms with E-state index in [0.717, 1.165) is 22.5 Å². The lowest BCUT2D eigenvalue weighted by Gasteiger charge is -2.23. The highest BCUT2D eigenvalue weighted by molar-refractivity contribution is 6.06. The van der Waals surface area contributed by atoms with Crippen molar-refractivity contribution < 1.29 is 9.59 Å². The predicted molar refractivity (Wildman–Crippen MR) is 84.6 cm³/mol. The van der Waals surface area contributed by atoms with Gasteiger partial charge in [0.1, 0.15) is 0 Å². The van der Waals surface area contributed by atoms with Crippen molar-refractivity contribution >= 4 is 35.2 Å². The number of carbonyl (C=O) groups is 2. The van der Waals surface area contributed by atoms with Gasteiger partial charge in [0.25, 0.3) is 0 Å². The molecule has 3 rings (SSSR count). The molecule has 2 aromatic carbocycles. The van der Waals surface area contributed by atoms with Gasteiger partial charge in [-0.15, -0.1) is 0 Å². The molecule has 0 aromatic heterocycles. The Bertz CT molecular complexity index is 775. The molecule has 0 radical (unpaired) electrons. The molecule has 1 aliphatic rings. The summed E-state index contributed by atoms with van der Waals surface area (Å²) in [6.07, 6.45) is 3.96. The standard InChI is InChI=1S/C18H15NO2/c1-12(20)16-10-9-15-8-7-14-5-3-4-6-17(14)19(13(2)21)18(15)11-16/h3-11H,1-2H3. The Morgan fingerprint density at radius 1 is 0.857 bits per heavy atom. The maximum absolute atomic E-state index is 12.2. The SMILES string of the molecule is CC(=O)c1ccc2c(c1)N(C(C)=O)c1ccccc1C=C2. The van der Waals surface area contributed by atoms with Crippen LogP contribution in [-0.2, 0) is 4.79 Å². The number of hydrogen-bond donors (Lipinski definition) is 0. The second-order valence-corrected chi connectivity index (χ2v) is 5.08. The number of rotatable bonds is 1. The number of amides is 1. The van der Waals surface area contributed by atoms with E-state index < -0.39 is 0 Å². The highest BCUT2D eigenvalue weighted by atomic mass is 16.2. The molecular formula is C18H15NO2. The van der Waals surface area contributed by atoms with Crippen LogP contribution in [0.15, 0.2) is 42.5 Å². The van der Waals surface area contributed by atoms with Gasteiger partial charge in [-0.25, -0.2) is 0 Å². The summed E-state index contributed by atoms with van der Waals surface area (Å²) in [4.78, 5) is 25.5. The molecule has 0 atom stereocenters. The van der Waals surface area contributed by atoms with E-state index in [4.69, 9.17) is 0 Å². The first-order chi connectivity index (χ1) is 10.1. The summed E-state index contributed by atoms with van der Waals surface area (Å²) in [5, 5.41) is 0. The van der Waals surface area contributed by atoms with Crippen LogP contribution in [0, 0.1) is 0 Å². The summed E-state index contributed by atoms with van der Waals surface area (Å²) in [5.74, 6) is -0.0871. The van der Waals surface area contributed by atoms with Gasteiger partial charge in [-0.3, -0.25) is 14.5 Å². The van der Waals surface area contributed by atoms with Crippen LogP contribution in [0.2, 0.25) is 0 Å². The molecule has 0 aliphatic carbocycles. The van der Waals surface area contributed by atoms with Gasteiger partial charge < -0.3 is 0 Å².